The highest BCUT2D eigenvalue weighted by Gasteiger charge is 2.17. The van der Waals surface area contributed by atoms with E-state index in [1.54, 1.807) is 0 Å². The Labute approximate surface area is 173 Å². The molecule has 2 heterocycles. The van der Waals surface area contributed by atoms with Crippen molar-refractivity contribution >= 4 is 33.3 Å². The number of benzene rings is 2. The van der Waals surface area contributed by atoms with Gasteiger partial charge in [-0.3, -0.25) is 10.1 Å². The van der Waals surface area contributed by atoms with Crippen molar-refractivity contribution in [1.82, 2.24) is 15.2 Å². The van der Waals surface area contributed by atoms with Crippen LogP contribution in [0.25, 0.3) is 22.2 Å². The maximum Gasteiger partial charge on any atom is 0.258 e. The molecule has 2 aromatic carbocycles. The highest BCUT2D eigenvalue weighted by molar-refractivity contribution is 7.15. The number of fused-ring (bicyclic) bond motifs is 1. The fourth-order valence-electron chi connectivity index (χ4n) is 3.33. The summed E-state index contributed by atoms with van der Waals surface area (Å²) in [5.74, 6) is 0.140. The van der Waals surface area contributed by atoms with E-state index in [9.17, 15) is 4.79 Å². The standard InChI is InChI=1S/C23H22N4OS/c1-3-9-15(2)22-26-27-23(29-22)25-21(28)18-14-20(16-10-5-4-6-11-16)24-19-13-8-7-12-17(18)19/h4-8,10-15H,3,9H2,1-2H3,(H,25,27,28). The lowest BCUT2D eigenvalue weighted by molar-refractivity contribution is 0.102. The first kappa shape index (κ1) is 19.2. The van der Waals surface area contributed by atoms with Crippen molar-refractivity contribution in [2.75, 3.05) is 5.32 Å². The van der Waals surface area contributed by atoms with Gasteiger partial charge in [0.2, 0.25) is 5.13 Å². The molecule has 2 aromatic heterocycles. The summed E-state index contributed by atoms with van der Waals surface area (Å²) >= 11 is 1.44. The Hall–Kier alpha value is -3.12. The molecule has 0 aliphatic rings. The van der Waals surface area contributed by atoms with Gasteiger partial charge in [0.05, 0.1) is 16.8 Å². The first-order valence-corrected chi connectivity index (χ1v) is 10.6. The lowest BCUT2D eigenvalue weighted by Crippen LogP contribution is -2.13. The summed E-state index contributed by atoms with van der Waals surface area (Å²) in [6, 6.07) is 19.4. The number of hydrogen-bond acceptors (Lipinski definition) is 5. The molecule has 6 heteroatoms. The average molecular weight is 403 g/mol. The number of carbonyl (C=O) groups is 1. The average Bonchev–Trinajstić information content (AvgIpc) is 3.22. The molecule has 1 unspecified atom stereocenters. The summed E-state index contributed by atoms with van der Waals surface area (Å²) in [7, 11) is 0. The van der Waals surface area contributed by atoms with Gasteiger partial charge in [-0.05, 0) is 18.6 Å². The van der Waals surface area contributed by atoms with Crippen LogP contribution in [-0.2, 0) is 0 Å². The molecule has 0 saturated carbocycles. The Morgan fingerprint density at radius 1 is 1.07 bits per heavy atom. The molecule has 0 fully saturated rings. The highest BCUT2D eigenvalue weighted by Crippen LogP contribution is 2.28. The van der Waals surface area contributed by atoms with Crippen molar-refractivity contribution in [3.05, 3.63) is 71.2 Å². The summed E-state index contributed by atoms with van der Waals surface area (Å²) in [5.41, 5.74) is 3.10. The predicted octanol–water partition coefficient (Wildman–Crippen LogP) is 5.91. The molecule has 1 amide bonds. The molecule has 4 aromatic rings. The second kappa shape index (κ2) is 8.49. The predicted molar refractivity (Wildman–Crippen MR) is 118 cm³/mol. The SMILES string of the molecule is CCCC(C)c1nnc(NC(=O)c2cc(-c3ccccc3)nc3ccccc23)s1. The molecule has 4 rings (SSSR count). The van der Waals surface area contributed by atoms with E-state index < -0.39 is 0 Å². The zero-order valence-corrected chi connectivity index (χ0v) is 17.2. The number of pyridine rings is 1. The number of amides is 1. The molecule has 0 aliphatic heterocycles. The van der Waals surface area contributed by atoms with E-state index in [1.165, 1.54) is 11.3 Å². The van der Waals surface area contributed by atoms with Gasteiger partial charge in [-0.25, -0.2) is 4.98 Å². The molecule has 0 spiro atoms. The van der Waals surface area contributed by atoms with Gasteiger partial charge in [0.15, 0.2) is 0 Å². The molecule has 0 saturated heterocycles. The van der Waals surface area contributed by atoms with Gasteiger partial charge in [0.1, 0.15) is 5.01 Å². The van der Waals surface area contributed by atoms with Crippen molar-refractivity contribution in [2.24, 2.45) is 0 Å². The Morgan fingerprint density at radius 3 is 2.62 bits per heavy atom. The zero-order chi connectivity index (χ0) is 20.2. The summed E-state index contributed by atoms with van der Waals surface area (Å²) in [4.78, 5) is 17.9. The van der Waals surface area contributed by atoms with Gasteiger partial charge in [0.25, 0.3) is 5.91 Å². The van der Waals surface area contributed by atoms with Crippen molar-refractivity contribution in [3.63, 3.8) is 0 Å². The molecule has 0 bridgehead atoms. The van der Waals surface area contributed by atoms with E-state index in [-0.39, 0.29) is 5.91 Å². The van der Waals surface area contributed by atoms with Crippen LogP contribution in [0.2, 0.25) is 0 Å². The molecule has 5 nitrogen and oxygen atoms in total. The summed E-state index contributed by atoms with van der Waals surface area (Å²) < 4.78 is 0. The zero-order valence-electron chi connectivity index (χ0n) is 16.4. The maximum absolute atomic E-state index is 13.1. The lowest BCUT2D eigenvalue weighted by Gasteiger charge is -2.09. The number of nitrogens with one attached hydrogen (secondary N) is 1. The Morgan fingerprint density at radius 2 is 1.83 bits per heavy atom. The molecule has 29 heavy (non-hydrogen) atoms. The number of nitrogens with zero attached hydrogens (tertiary/aromatic N) is 3. The number of rotatable bonds is 6. The molecular formula is C23H22N4OS. The quantitative estimate of drug-likeness (QED) is 0.435. The minimum atomic E-state index is -0.202. The van der Waals surface area contributed by atoms with Gasteiger partial charge >= 0.3 is 0 Å². The molecule has 1 atom stereocenters. The maximum atomic E-state index is 13.1. The number of anilines is 1. The molecule has 1 N–H and O–H groups in total. The van der Waals surface area contributed by atoms with E-state index in [1.807, 2.05) is 60.7 Å². The normalized spacial score (nSPS) is 12.1. The van der Waals surface area contributed by atoms with Gasteiger partial charge < -0.3 is 0 Å². The largest absolute Gasteiger partial charge is 0.296 e. The van der Waals surface area contributed by atoms with E-state index in [2.05, 4.69) is 29.4 Å². The van der Waals surface area contributed by atoms with E-state index in [0.29, 0.717) is 16.6 Å². The topological polar surface area (TPSA) is 67.8 Å². The highest BCUT2D eigenvalue weighted by atomic mass is 32.1. The molecule has 0 aliphatic carbocycles. The van der Waals surface area contributed by atoms with E-state index in [4.69, 9.17) is 4.98 Å². The second-order valence-corrected chi connectivity index (χ2v) is 8.04. The summed E-state index contributed by atoms with van der Waals surface area (Å²) in [6.07, 6.45) is 2.14. The smallest absolute Gasteiger partial charge is 0.258 e. The van der Waals surface area contributed by atoms with Crippen LogP contribution < -0.4 is 5.32 Å². The van der Waals surface area contributed by atoms with Crippen LogP contribution in [0.4, 0.5) is 5.13 Å². The van der Waals surface area contributed by atoms with Crippen LogP contribution in [0.3, 0.4) is 0 Å². The van der Waals surface area contributed by atoms with Crippen LogP contribution in [0.1, 0.15) is 48.0 Å². The summed E-state index contributed by atoms with van der Waals surface area (Å²) in [6.45, 7) is 4.29. The van der Waals surface area contributed by atoms with Gasteiger partial charge in [-0.2, -0.15) is 0 Å². The first-order chi connectivity index (χ1) is 14.2. The molecular weight excluding hydrogens is 380 g/mol. The number of hydrogen-bond donors (Lipinski definition) is 1. The fourth-order valence-corrected chi connectivity index (χ4v) is 4.15. The van der Waals surface area contributed by atoms with Crippen molar-refractivity contribution < 1.29 is 4.79 Å². The third-order valence-electron chi connectivity index (χ3n) is 4.83. The number of carbonyl (C=O) groups excluding carboxylic acids is 1. The molecule has 0 radical (unpaired) electrons. The van der Waals surface area contributed by atoms with Gasteiger partial charge in [-0.15, -0.1) is 10.2 Å². The van der Waals surface area contributed by atoms with Crippen LogP contribution >= 0.6 is 11.3 Å². The Kier molecular flexibility index (Phi) is 5.62. The van der Waals surface area contributed by atoms with Gasteiger partial charge in [-0.1, -0.05) is 80.1 Å². The van der Waals surface area contributed by atoms with Crippen LogP contribution in [0.5, 0.6) is 0 Å². The number of para-hydroxylation sites is 1. The van der Waals surface area contributed by atoms with Crippen molar-refractivity contribution in [1.29, 1.82) is 0 Å². The van der Waals surface area contributed by atoms with E-state index >= 15 is 0 Å². The number of aromatic nitrogens is 3. The Bertz CT molecular complexity index is 1140. The van der Waals surface area contributed by atoms with Crippen LogP contribution in [0.15, 0.2) is 60.7 Å². The minimum absolute atomic E-state index is 0.202. The van der Waals surface area contributed by atoms with Crippen LogP contribution in [0, 0.1) is 0 Å². The van der Waals surface area contributed by atoms with E-state index in [0.717, 1.165) is 40.0 Å². The second-order valence-electron chi connectivity index (χ2n) is 7.03. The van der Waals surface area contributed by atoms with Crippen molar-refractivity contribution in [2.45, 2.75) is 32.6 Å². The molecule has 146 valence electrons. The third-order valence-corrected chi connectivity index (χ3v) is 5.90. The minimum Gasteiger partial charge on any atom is -0.296 e. The lowest BCUT2D eigenvalue weighted by atomic mass is 10.0. The first-order valence-electron chi connectivity index (χ1n) is 9.75. The monoisotopic (exact) mass is 402 g/mol. The Balaban J connectivity index is 1.68. The van der Waals surface area contributed by atoms with Crippen LogP contribution in [-0.4, -0.2) is 21.1 Å². The van der Waals surface area contributed by atoms with Gasteiger partial charge in [0, 0.05) is 16.9 Å². The van der Waals surface area contributed by atoms with Crippen molar-refractivity contribution in [3.8, 4) is 11.3 Å². The third kappa shape index (κ3) is 4.17. The summed E-state index contributed by atoms with van der Waals surface area (Å²) in [5, 5.41) is 13.6. The fraction of sp³-hybridized carbons (Fsp3) is 0.217.